The Kier molecular flexibility index (Phi) is 5.58. The van der Waals surface area contributed by atoms with E-state index in [9.17, 15) is 14.4 Å². The van der Waals surface area contributed by atoms with Gasteiger partial charge in [-0.25, -0.2) is 0 Å². The van der Waals surface area contributed by atoms with Crippen molar-refractivity contribution < 1.29 is 28.6 Å². The first-order valence-electron chi connectivity index (χ1n) is 9.82. The summed E-state index contributed by atoms with van der Waals surface area (Å²) >= 11 is 0. The summed E-state index contributed by atoms with van der Waals surface area (Å²) in [5, 5.41) is 2.85. The van der Waals surface area contributed by atoms with Crippen molar-refractivity contribution in [2.45, 2.75) is 32.7 Å². The molecule has 5 unspecified atom stereocenters. The monoisotopic (exact) mass is 404 g/mol. The largest absolute Gasteiger partial charge is 0.495 e. The second-order valence-electron chi connectivity index (χ2n) is 7.73. The van der Waals surface area contributed by atoms with Crippen molar-refractivity contribution in [1.29, 1.82) is 0 Å². The Hall–Kier alpha value is -2.61. The molecule has 3 rings (SSSR count). The van der Waals surface area contributed by atoms with E-state index in [4.69, 9.17) is 19.9 Å². The first-order chi connectivity index (χ1) is 13.8. The molecule has 0 saturated heterocycles. The summed E-state index contributed by atoms with van der Waals surface area (Å²) in [5.74, 6) is -2.47. The number of para-hydroxylation sites is 2. The van der Waals surface area contributed by atoms with Crippen molar-refractivity contribution >= 4 is 23.5 Å². The van der Waals surface area contributed by atoms with Crippen LogP contribution >= 0.6 is 0 Å². The fraction of sp³-hybridized carbons (Fsp3) is 0.571. The molecule has 0 spiro atoms. The summed E-state index contributed by atoms with van der Waals surface area (Å²) in [6.07, 6.45) is 0.101. The van der Waals surface area contributed by atoms with Crippen LogP contribution in [0.4, 0.5) is 5.69 Å². The van der Waals surface area contributed by atoms with E-state index in [2.05, 4.69) is 5.32 Å². The van der Waals surface area contributed by atoms with E-state index in [1.54, 1.807) is 45.0 Å². The van der Waals surface area contributed by atoms with E-state index in [0.717, 1.165) is 0 Å². The number of rotatable bonds is 7. The van der Waals surface area contributed by atoms with Crippen LogP contribution in [0.25, 0.3) is 0 Å². The zero-order valence-corrected chi connectivity index (χ0v) is 17.2. The van der Waals surface area contributed by atoms with Crippen molar-refractivity contribution in [2.75, 3.05) is 25.6 Å². The van der Waals surface area contributed by atoms with Crippen molar-refractivity contribution in [3.8, 4) is 5.75 Å². The number of benzene rings is 1. The van der Waals surface area contributed by atoms with Crippen LogP contribution in [0.15, 0.2) is 24.3 Å². The van der Waals surface area contributed by atoms with E-state index in [0.29, 0.717) is 11.4 Å². The van der Waals surface area contributed by atoms with Gasteiger partial charge in [-0.2, -0.15) is 0 Å². The SMILES string of the molecule is CCOC(=O)C1C2C(C(=O)Nc3ccccc3OC)CC(N)(C(=O)OCC)C12C. The molecular formula is C21H28N2O6. The van der Waals surface area contributed by atoms with Gasteiger partial charge in [-0.3, -0.25) is 14.4 Å². The fourth-order valence-electron chi connectivity index (χ4n) is 4.88. The van der Waals surface area contributed by atoms with Crippen LogP contribution in [0.5, 0.6) is 5.75 Å². The number of methoxy groups -OCH3 is 1. The van der Waals surface area contributed by atoms with Crippen LogP contribution < -0.4 is 15.8 Å². The molecule has 1 amide bonds. The van der Waals surface area contributed by atoms with Gasteiger partial charge >= 0.3 is 11.9 Å². The number of ether oxygens (including phenoxy) is 3. The Morgan fingerprint density at radius 1 is 1.17 bits per heavy atom. The highest BCUT2D eigenvalue weighted by Crippen LogP contribution is 2.74. The molecule has 8 heteroatoms. The molecule has 2 fully saturated rings. The first kappa shape index (κ1) is 21.1. The molecule has 0 aromatic heterocycles. The third kappa shape index (κ3) is 3.15. The number of esters is 2. The first-order valence-corrected chi connectivity index (χ1v) is 9.82. The molecule has 2 aliphatic rings. The third-order valence-electron chi connectivity index (χ3n) is 6.41. The molecule has 0 aliphatic heterocycles. The van der Waals surface area contributed by atoms with Crippen LogP contribution in [-0.2, 0) is 23.9 Å². The lowest BCUT2D eigenvalue weighted by Crippen LogP contribution is -2.56. The molecular weight excluding hydrogens is 376 g/mol. The number of anilines is 1. The average Bonchev–Trinajstić information content (AvgIpc) is 3.26. The number of carbonyl (C=O) groups is 3. The number of nitrogens with two attached hydrogens (primary N) is 1. The summed E-state index contributed by atoms with van der Waals surface area (Å²) in [5.41, 5.74) is 4.71. The second-order valence-corrected chi connectivity index (χ2v) is 7.73. The Morgan fingerprint density at radius 3 is 2.45 bits per heavy atom. The van der Waals surface area contributed by atoms with Gasteiger partial charge in [0.05, 0.1) is 31.9 Å². The highest BCUT2D eigenvalue weighted by atomic mass is 16.5. The van der Waals surface area contributed by atoms with Crippen molar-refractivity contribution in [2.24, 2.45) is 28.9 Å². The molecule has 1 aromatic rings. The predicted molar refractivity (Wildman–Crippen MR) is 105 cm³/mol. The van der Waals surface area contributed by atoms with Gasteiger partial charge in [0, 0.05) is 11.3 Å². The van der Waals surface area contributed by atoms with E-state index < -0.39 is 40.6 Å². The minimum absolute atomic E-state index is 0.101. The van der Waals surface area contributed by atoms with E-state index in [1.165, 1.54) is 7.11 Å². The summed E-state index contributed by atoms with van der Waals surface area (Å²) in [6.45, 7) is 5.56. The van der Waals surface area contributed by atoms with Crippen molar-refractivity contribution in [1.82, 2.24) is 0 Å². The summed E-state index contributed by atoms with van der Waals surface area (Å²) < 4.78 is 15.7. The van der Waals surface area contributed by atoms with Gasteiger partial charge in [-0.1, -0.05) is 19.1 Å². The summed E-state index contributed by atoms with van der Waals surface area (Å²) in [7, 11) is 1.51. The maximum Gasteiger partial charge on any atom is 0.326 e. The lowest BCUT2D eigenvalue weighted by molar-refractivity contribution is -0.154. The number of nitrogens with one attached hydrogen (secondary N) is 1. The average molecular weight is 404 g/mol. The summed E-state index contributed by atoms with van der Waals surface area (Å²) in [4.78, 5) is 38.4. The highest BCUT2D eigenvalue weighted by molar-refractivity contribution is 5.99. The van der Waals surface area contributed by atoms with Gasteiger partial charge in [0.1, 0.15) is 11.3 Å². The standard InChI is InChI=1S/C21H28N2O6/c1-5-28-18(25)16-15-12(11-21(22,20(15,16)3)19(26)29-6-2)17(24)23-13-9-7-8-10-14(13)27-4/h7-10,12,15-16H,5-6,11,22H2,1-4H3,(H,23,24). The predicted octanol–water partition coefficient (Wildman–Crippen LogP) is 1.73. The van der Waals surface area contributed by atoms with Crippen molar-refractivity contribution in [3.05, 3.63) is 24.3 Å². The molecule has 29 heavy (non-hydrogen) atoms. The molecule has 2 saturated carbocycles. The number of carbonyl (C=O) groups excluding carboxylic acids is 3. The van der Waals surface area contributed by atoms with Gasteiger partial charge < -0.3 is 25.3 Å². The Labute approximate surface area is 170 Å². The zero-order chi connectivity index (χ0) is 21.4. The quantitative estimate of drug-likeness (QED) is 0.665. The number of fused-ring (bicyclic) bond motifs is 1. The Balaban J connectivity index is 1.90. The minimum atomic E-state index is -1.44. The van der Waals surface area contributed by atoms with E-state index in [-0.39, 0.29) is 25.5 Å². The number of hydrogen-bond donors (Lipinski definition) is 2. The topological polar surface area (TPSA) is 117 Å². The maximum atomic E-state index is 13.1. The van der Waals surface area contributed by atoms with Crippen LogP contribution in [0, 0.1) is 23.2 Å². The van der Waals surface area contributed by atoms with Gasteiger partial charge in [-0.15, -0.1) is 0 Å². The smallest absolute Gasteiger partial charge is 0.326 e. The van der Waals surface area contributed by atoms with Gasteiger partial charge in [0.15, 0.2) is 0 Å². The van der Waals surface area contributed by atoms with Gasteiger partial charge in [-0.05, 0) is 38.3 Å². The van der Waals surface area contributed by atoms with Crippen LogP contribution in [-0.4, -0.2) is 43.7 Å². The van der Waals surface area contributed by atoms with E-state index in [1.807, 2.05) is 0 Å². The molecule has 8 nitrogen and oxygen atoms in total. The number of hydrogen-bond acceptors (Lipinski definition) is 7. The lowest BCUT2D eigenvalue weighted by atomic mass is 9.80. The van der Waals surface area contributed by atoms with Crippen LogP contribution in [0.1, 0.15) is 27.2 Å². The molecule has 3 N–H and O–H groups in total. The van der Waals surface area contributed by atoms with Crippen molar-refractivity contribution in [3.63, 3.8) is 0 Å². The minimum Gasteiger partial charge on any atom is -0.495 e. The van der Waals surface area contributed by atoms with Crippen LogP contribution in [0.2, 0.25) is 0 Å². The molecule has 0 bridgehead atoms. The molecule has 0 heterocycles. The lowest BCUT2D eigenvalue weighted by Gasteiger charge is -2.32. The number of amides is 1. The third-order valence-corrected chi connectivity index (χ3v) is 6.41. The Morgan fingerprint density at radius 2 is 1.83 bits per heavy atom. The van der Waals surface area contributed by atoms with E-state index >= 15 is 0 Å². The summed E-state index contributed by atoms with van der Waals surface area (Å²) in [6, 6.07) is 7.03. The zero-order valence-electron chi connectivity index (χ0n) is 17.2. The van der Waals surface area contributed by atoms with Crippen LogP contribution in [0.3, 0.4) is 0 Å². The molecule has 0 radical (unpaired) electrons. The van der Waals surface area contributed by atoms with Gasteiger partial charge in [0.2, 0.25) is 5.91 Å². The molecule has 2 aliphatic carbocycles. The highest BCUT2D eigenvalue weighted by Gasteiger charge is 2.83. The maximum absolute atomic E-state index is 13.1. The normalized spacial score (nSPS) is 32.1. The second kappa shape index (κ2) is 7.67. The fourth-order valence-corrected chi connectivity index (χ4v) is 4.88. The molecule has 158 valence electrons. The molecule has 5 atom stereocenters. The van der Waals surface area contributed by atoms with Gasteiger partial charge in [0.25, 0.3) is 0 Å². The molecule has 1 aromatic carbocycles. The Bertz CT molecular complexity index is 827.